The number of rotatable bonds is 2. The number of hydrogen-bond donors (Lipinski definition) is 1. The van der Waals surface area contributed by atoms with Crippen molar-refractivity contribution in [1.29, 1.82) is 0 Å². The van der Waals surface area contributed by atoms with Crippen LogP contribution >= 0.6 is 0 Å². The van der Waals surface area contributed by atoms with E-state index >= 15 is 0 Å². The monoisotopic (exact) mass is 297 g/mol. The first-order chi connectivity index (χ1) is 10.5. The number of hydrogen-bond acceptors (Lipinski definition) is 1. The highest BCUT2D eigenvalue weighted by molar-refractivity contribution is 5.92. The lowest BCUT2D eigenvalue weighted by Crippen LogP contribution is -1.93. The standard InChI is InChI=1S/C18H20FN3/c1-9-14-7-13(12-5-6-12)8-15(19)18(14)20-17(9)16-10(2)21-22(4)11(16)3/h7-8,12,20H,5-6H2,1-4H3. The molecule has 4 heteroatoms. The normalized spacial score (nSPS) is 15.0. The van der Waals surface area contributed by atoms with E-state index in [4.69, 9.17) is 0 Å². The molecule has 0 radical (unpaired) electrons. The molecule has 0 amide bonds. The van der Waals surface area contributed by atoms with E-state index in [2.05, 4.69) is 23.1 Å². The molecule has 1 saturated carbocycles. The third-order valence-electron chi connectivity index (χ3n) is 4.95. The number of halogens is 1. The average Bonchev–Trinajstić information content (AvgIpc) is 3.22. The van der Waals surface area contributed by atoms with Crippen LogP contribution in [0.4, 0.5) is 4.39 Å². The van der Waals surface area contributed by atoms with E-state index in [0.717, 1.165) is 39.2 Å². The fourth-order valence-electron chi connectivity index (χ4n) is 3.44. The van der Waals surface area contributed by atoms with Gasteiger partial charge in [0.1, 0.15) is 5.82 Å². The number of aryl methyl sites for hydroxylation is 3. The van der Waals surface area contributed by atoms with E-state index < -0.39 is 0 Å². The molecule has 1 fully saturated rings. The molecule has 0 aliphatic heterocycles. The summed E-state index contributed by atoms with van der Waals surface area (Å²) in [6.07, 6.45) is 2.37. The minimum absolute atomic E-state index is 0.145. The van der Waals surface area contributed by atoms with Crippen molar-refractivity contribution in [3.05, 3.63) is 40.5 Å². The Morgan fingerprint density at radius 1 is 1.23 bits per heavy atom. The molecule has 1 aliphatic carbocycles. The Hall–Kier alpha value is -2.10. The third kappa shape index (κ3) is 1.83. The summed E-state index contributed by atoms with van der Waals surface area (Å²) in [5.41, 5.74) is 6.99. The Bertz CT molecular complexity index is 897. The van der Waals surface area contributed by atoms with Crippen LogP contribution < -0.4 is 0 Å². The van der Waals surface area contributed by atoms with Gasteiger partial charge < -0.3 is 4.98 Å². The molecule has 3 nitrogen and oxygen atoms in total. The first-order valence-electron chi connectivity index (χ1n) is 7.79. The minimum Gasteiger partial charge on any atom is -0.352 e. The van der Waals surface area contributed by atoms with Gasteiger partial charge in [0.15, 0.2) is 0 Å². The Morgan fingerprint density at radius 2 is 1.95 bits per heavy atom. The summed E-state index contributed by atoms with van der Waals surface area (Å²) in [5.74, 6) is 0.409. The van der Waals surface area contributed by atoms with E-state index in [1.54, 1.807) is 6.07 Å². The maximum atomic E-state index is 14.5. The molecular weight excluding hydrogens is 277 g/mol. The van der Waals surface area contributed by atoms with Gasteiger partial charge in [0, 0.05) is 23.7 Å². The number of benzene rings is 1. The van der Waals surface area contributed by atoms with Gasteiger partial charge in [0.2, 0.25) is 0 Å². The molecule has 114 valence electrons. The number of fused-ring (bicyclic) bond motifs is 1. The molecule has 1 aromatic carbocycles. The zero-order valence-corrected chi connectivity index (χ0v) is 13.4. The van der Waals surface area contributed by atoms with Gasteiger partial charge in [-0.15, -0.1) is 0 Å². The number of H-pyrrole nitrogens is 1. The second-order valence-electron chi connectivity index (χ2n) is 6.49. The van der Waals surface area contributed by atoms with Gasteiger partial charge in [-0.25, -0.2) is 4.39 Å². The summed E-state index contributed by atoms with van der Waals surface area (Å²) in [6.45, 7) is 6.11. The van der Waals surface area contributed by atoms with E-state index in [0.29, 0.717) is 11.4 Å². The molecule has 1 N–H and O–H groups in total. The highest BCUT2D eigenvalue weighted by Crippen LogP contribution is 2.43. The van der Waals surface area contributed by atoms with Crippen LogP contribution in [0.3, 0.4) is 0 Å². The highest BCUT2D eigenvalue weighted by atomic mass is 19.1. The van der Waals surface area contributed by atoms with Crippen LogP contribution in [-0.2, 0) is 7.05 Å². The lowest BCUT2D eigenvalue weighted by molar-refractivity contribution is 0.635. The topological polar surface area (TPSA) is 33.6 Å². The molecule has 0 unspecified atom stereocenters. The van der Waals surface area contributed by atoms with Crippen molar-refractivity contribution in [2.75, 3.05) is 0 Å². The van der Waals surface area contributed by atoms with Crippen LogP contribution in [0.5, 0.6) is 0 Å². The van der Waals surface area contributed by atoms with E-state index in [1.807, 2.05) is 25.6 Å². The largest absolute Gasteiger partial charge is 0.352 e. The minimum atomic E-state index is -0.145. The Kier molecular flexibility index (Phi) is 2.74. The van der Waals surface area contributed by atoms with Crippen molar-refractivity contribution < 1.29 is 4.39 Å². The molecule has 4 rings (SSSR count). The second-order valence-corrected chi connectivity index (χ2v) is 6.49. The van der Waals surface area contributed by atoms with Gasteiger partial charge in [0.25, 0.3) is 0 Å². The average molecular weight is 297 g/mol. The van der Waals surface area contributed by atoms with E-state index in [-0.39, 0.29) is 5.82 Å². The van der Waals surface area contributed by atoms with Gasteiger partial charge in [-0.2, -0.15) is 5.10 Å². The molecule has 1 aliphatic rings. The molecule has 0 saturated heterocycles. The first-order valence-corrected chi connectivity index (χ1v) is 7.79. The van der Waals surface area contributed by atoms with Crippen LogP contribution in [0.25, 0.3) is 22.2 Å². The van der Waals surface area contributed by atoms with Crippen molar-refractivity contribution in [1.82, 2.24) is 14.8 Å². The Labute approximate surface area is 129 Å². The summed E-state index contributed by atoms with van der Waals surface area (Å²) in [6, 6.07) is 3.86. The summed E-state index contributed by atoms with van der Waals surface area (Å²) in [7, 11) is 1.94. The summed E-state index contributed by atoms with van der Waals surface area (Å²) >= 11 is 0. The predicted molar refractivity (Wildman–Crippen MR) is 86.6 cm³/mol. The molecular formula is C18H20FN3. The van der Waals surface area contributed by atoms with Crippen LogP contribution in [0, 0.1) is 26.6 Å². The molecule has 2 aromatic heterocycles. The number of nitrogens with one attached hydrogen (secondary N) is 1. The Balaban J connectivity index is 1.99. The van der Waals surface area contributed by atoms with Gasteiger partial charge >= 0.3 is 0 Å². The van der Waals surface area contributed by atoms with Gasteiger partial charge in [0.05, 0.1) is 16.9 Å². The van der Waals surface area contributed by atoms with Gasteiger partial charge in [-0.05, 0) is 62.8 Å². The molecule has 22 heavy (non-hydrogen) atoms. The molecule has 0 spiro atoms. The first kappa shape index (κ1) is 13.6. The second kappa shape index (κ2) is 4.45. The smallest absolute Gasteiger partial charge is 0.147 e. The molecule has 3 aromatic rings. The number of aromatic amines is 1. The maximum absolute atomic E-state index is 14.5. The molecule has 2 heterocycles. The third-order valence-corrected chi connectivity index (χ3v) is 4.95. The van der Waals surface area contributed by atoms with Crippen molar-refractivity contribution in [2.45, 2.75) is 39.5 Å². The van der Waals surface area contributed by atoms with E-state index in [9.17, 15) is 4.39 Å². The van der Waals surface area contributed by atoms with Gasteiger partial charge in [-0.1, -0.05) is 0 Å². The van der Waals surface area contributed by atoms with Crippen LogP contribution in [0.1, 0.15) is 41.3 Å². The fraction of sp³-hybridized carbons (Fsp3) is 0.389. The van der Waals surface area contributed by atoms with Crippen molar-refractivity contribution in [3.8, 4) is 11.3 Å². The number of aromatic nitrogens is 3. The fourth-order valence-corrected chi connectivity index (χ4v) is 3.44. The quantitative estimate of drug-likeness (QED) is 0.742. The lowest BCUT2D eigenvalue weighted by Gasteiger charge is -2.02. The van der Waals surface area contributed by atoms with Crippen molar-refractivity contribution >= 4 is 10.9 Å². The van der Waals surface area contributed by atoms with Crippen molar-refractivity contribution in [3.63, 3.8) is 0 Å². The molecule has 0 atom stereocenters. The summed E-state index contributed by atoms with van der Waals surface area (Å²) in [4.78, 5) is 3.30. The summed E-state index contributed by atoms with van der Waals surface area (Å²) < 4.78 is 16.4. The molecule has 0 bridgehead atoms. The van der Waals surface area contributed by atoms with Crippen molar-refractivity contribution in [2.24, 2.45) is 7.05 Å². The van der Waals surface area contributed by atoms with Crippen LogP contribution in [0.15, 0.2) is 12.1 Å². The SMILES string of the molecule is Cc1nn(C)c(C)c1-c1[nH]c2c(F)cc(C3CC3)cc2c1C. The van der Waals surface area contributed by atoms with E-state index in [1.165, 1.54) is 12.8 Å². The van der Waals surface area contributed by atoms with Crippen LogP contribution in [-0.4, -0.2) is 14.8 Å². The highest BCUT2D eigenvalue weighted by Gasteiger charge is 2.26. The van der Waals surface area contributed by atoms with Crippen LogP contribution in [0.2, 0.25) is 0 Å². The Morgan fingerprint density at radius 3 is 2.55 bits per heavy atom. The maximum Gasteiger partial charge on any atom is 0.147 e. The lowest BCUT2D eigenvalue weighted by atomic mass is 10.0. The predicted octanol–water partition coefficient (Wildman–Crippen LogP) is 4.51. The number of nitrogens with zero attached hydrogens (tertiary/aromatic N) is 2. The zero-order valence-electron chi connectivity index (χ0n) is 13.4. The van der Waals surface area contributed by atoms with Gasteiger partial charge in [-0.3, -0.25) is 4.68 Å². The summed E-state index contributed by atoms with van der Waals surface area (Å²) in [5, 5.41) is 5.48. The zero-order chi connectivity index (χ0) is 15.6.